The summed E-state index contributed by atoms with van der Waals surface area (Å²) in [7, 11) is 0. The van der Waals surface area contributed by atoms with E-state index in [1.807, 2.05) is 24.3 Å². The first-order valence-electron chi connectivity index (χ1n) is 6.46. The summed E-state index contributed by atoms with van der Waals surface area (Å²) < 4.78 is 0. The Hall–Kier alpha value is -2.34. The van der Waals surface area contributed by atoms with Crippen molar-refractivity contribution in [2.24, 2.45) is 0 Å². The van der Waals surface area contributed by atoms with Gasteiger partial charge in [0.2, 0.25) is 5.91 Å². The molecule has 2 aromatic rings. The van der Waals surface area contributed by atoms with Crippen molar-refractivity contribution in [3.05, 3.63) is 36.0 Å². The second kappa shape index (κ2) is 4.97. The van der Waals surface area contributed by atoms with Gasteiger partial charge in [0.05, 0.1) is 6.54 Å². The number of hydrogen-bond acceptors (Lipinski definition) is 3. The zero-order valence-corrected chi connectivity index (χ0v) is 10.8. The average molecular weight is 273 g/mol. The predicted octanol–water partition coefficient (Wildman–Crippen LogP) is 0.725. The standard InChI is InChI=1S/C14H15N3O3/c18-12-8-17(6-5-15-12)13(14(19)20)10-7-16-11-4-2-1-3-9(10)11/h1-4,7,13,16H,5-6,8H2,(H,15,18)(H,19,20)/t13-/m1/s1. The van der Waals surface area contributed by atoms with Crippen molar-refractivity contribution in [3.8, 4) is 0 Å². The molecule has 1 atom stereocenters. The smallest absolute Gasteiger partial charge is 0.325 e. The minimum absolute atomic E-state index is 0.108. The minimum atomic E-state index is -0.940. The maximum absolute atomic E-state index is 11.7. The number of nitrogens with one attached hydrogen (secondary N) is 2. The molecule has 0 bridgehead atoms. The van der Waals surface area contributed by atoms with Crippen molar-refractivity contribution >= 4 is 22.8 Å². The highest BCUT2D eigenvalue weighted by Crippen LogP contribution is 2.28. The summed E-state index contributed by atoms with van der Waals surface area (Å²) in [5.41, 5.74) is 1.60. The summed E-state index contributed by atoms with van der Waals surface area (Å²) in [4.78, 5) is 27.9. The van der Waals surface area contributed by atoms with Gasteiger partial charge in [-0.25, -0.2) is 0 Å². The lowest BCUT2D eigenvalue weighted by Gasteiger charge is -2.31. The first-order valence-corrected chi connectivity index (χ1v) is 6.46. The second-order valence-electron chi connectivity index (χ2n) is 4.85. The van der Waals surface area contributed by atoms with Crippen molar-refractivity contribution in [1.29, 1.82) is 0 Å². The SMILES string of the molecule is O=C1CN([C@@H](C(=O)O)c2c[nH]c3ccccc23)CCN1. The van der Waals surface area contributed by atoms with Crippen molar-refractivity contribution in [2.45, 2.75) is 6.04 Å². The Bertz CT molecular complexity index is 664. The number of nitrogens with zero attached hydrogens (tertiary/aromatic N) is 1. The molecule has 6 nitrogen and oxygen atoms in total. The Morgan fingerprint density at radius 3 is 2.90 bits per heavy atom. The van der Waals surface area contributed by atoms with E-state index in [-0.39, 0.29) is 12.5 Å². The van der Waals surface area contributed by atoms with Crippen LogP contribution >= 0.6 is 0 Å². The fraction of sp³-hybridized carbons (Fsp3) is 0.286. The molecule has 0 saturated carbocycles. The molecule has 1 fully saturated rings. The van der Waals surface area contributed by atoms with E-state index in [0.29, 0.717) is 18.7 Å². The number of carboxylic acid groups (broad SMARTS) is 1. The highest BCUT2D eigenvalue weighted by Gasteiger charge is 2.32. The number of aliphatic carboxylic acids is 1. The Labute approximate surface area is 115 Å². The largest absolute Gasteiger partial charge is 0.480 e. The molecule has 1 aromatic carbocycles. The number of rotatable bonds is 3. The van der Waals surface area contributed by atoms with Crippen LogP contribution in [0.1, 0.15) is 11.6 Å². The van der Waals surface area contributed by atoms with Gasteiger partial charge in [0.15, 0.2) is 0 Å². The molecule has 3 rings (SSSR count). The van der Waals surface area contributed by atoms with E-state index in [1.165, 1.54) is 0 Å². The molecule has 0 spiro atoms. The van der Waals surface area contributed by atoms with Gasteiger partial charge < -0.3 is 15.4 Å². The zero-order chi connectivity index (χ0) is 14.1. The van der Waals surface area contributed by atoms with Crippen LogP contribution in [0.5, 0.6) is 0 Å². The van der Waals surface area contributed by atoms with E-state index in [4.69, 9.17) is 0 Å². The lowest BCUT2D eigenvalue weighted by Crippen LogP contribution is -2.50. The zero-order valence-electron chi connectivity index (χ0n) is 10.8. The number of amides is 1. The average Bonchev–Trinajstić information content (AvgIpc) is 2.83. The van der Waals surface area contributed by atoms with Gasteiger partial charge in [-0.2, -0.15) is 0 Å². The van der Waals surface area contributed by atoms with Crippen LogP contribution in [0.2, 0.25) is 0 Å². The monoisotopic (exact) mass is 273 g/mol. The fourth-order valence-corrected chi connectivity index (χ4v) is 2.68. The molecular weight excluding hydrogens is 258 g/mol. The lowest BCUT2D eigenvalue weighted by atomic mass is 10.0. The molecule has 1 saturated heterocycles. The Kier molecular flexibility index (Phi) is 3.15. The quantitative estimate of drug-likeness (QED) is 0.769. The van der Waals surface area contributed by atoms with Crippen LogP contribution in [-0.4, -0.2) is 46.5 Å². The number of fused-ring (bicyclic) bond motifs is 1. The molecule has 3 N–H and O–H groups in total. The maximum atomic E-state index is 11.7. The van der Waals surface area contributed by atoms with Gasteiger partial charge in [-0.3, -0.25) is 14.5 Å². The van der Waals surface area contributed by atoms with Gasteiger partial charge in [-0.05, 0) is 6.07 Å². The van der Waals surface area contributed by atoms with Crippen LogP contribution in [0.3, 0.4) is 0 Å². The first-order chi connectivity index (χ1) is 9.66. The number of carbonyl (C=O) groups is 2. The molecule has 20 heavy (non-hydrogen) atoms. The molecule has 2 heterocycles. The molecular formula is C14H15N3O3. The lowest BCUT2D eigenvalue weighted by molar-refractivity contribution is -0.144. The summed E-state index contributed by atoms with van der Waals surface area (Å²) in [6.45, 7) is 1.11. The van der Waals surface area contributed by atoms with Gasteiger partial charge in [0.25, 0.3) is 0 Å². The van der Waals surface area contributed by atoms with Gasteiger partial charge in [-0.1, -0.05) is 18.2 Å². The Balaban J connectivity index is 2.02. The summed E-state index contributed by atoms with van der Waals surface area (Å²) in [5, 5.41) is 13.1. The maximum Gasteiger partial charge on any atom is 0.325 e. The third-order valence-corrected chi connectivity index (χ3v) is 3.58. The second-order valence-corrected chi connectivity index (χ2v) is 4.85. The fourth-order valence-electron chi connectivity index (χ4n) is 2.68. The van der Waals surface area contributed by atoms with Crippen molar-refractivity contribution in [1.82, 2.24) is 15.2 Å². The highest BCUT2D eigenvalue weighted by atomic mass is 16.4. The molecule has 1 amide bonds. The van der Waals surface area contributed by atoms with E-state index in [1.54, 1.807) is 11.1 Å². The van der Waals surface area contributed by atoms with E-state index in [0.717, 1.165) is 10.9 Å². The first kappa shape index (κ1) is 12.7. The highest BCUT2D eigenvalue weighted by molar-refractivity contribution is 5.89. The number of piperazine rings is 1. The number of carboxylic acids is 1. The molecule has 0 unspecified atom stereocenters. The number of para-hydroxylation sites is 1. The van der Waals surface area contributed by atoms with Crippen LogP contribution in [0, 0.1) is 0 Å². The molecule has 6 heteroatoms. The van der Waals surface area contributed by atoms with Crippen molar-refractivity contribution < 1.29 is 14.7 Å². The van der Waals surface area contributed by atoms with E-state index < -0.39 is 12.0 Å². The summed E-state index contributed by atoms with van der Waals surface area (Å²) >= 11 is 0. The molecule has 0 radical (unpaired) electrons. The topological polar surface area (TPSA) is 85.4 Å². The van der Waals surface area contributed by atoms with Crippen LogP contribution in [0.15, 0.2) is 30.5 Å². The molecule has 104 valence electrons. The molecule has 1 aliphatic rings. The number of benzene rings is 1. The molecule has 1 aliphatic heterocycles. The van der Waals surface area contributed by atoms with Crippen LogP contribution in [0.4, 0.5) is 0 Å². The van der Waals surface area contributed by atoms with Crippen LogP contribution in [-0.2, 0) is 9.59 Å². The number of H-pyrrole nitrogens is 1. The number of aromatic amines is 1. The Morgan fingerprint density at radius 2 is 2.15 bits per heavy atom. The summed E-state index contributed by atoms with van der Waals surface area (Å²) in [5.74, 6) is -1.08. The van der Waals surface area contributed by atoms with Crippen LogP contribution < -0.4 is 5.32 Å². The van der Waals surface area contributed by atoms with Gasteiger partial charge in [0, 0.05) is 35.8 Å². The normalized spacial score (nSPS) is 17.9. The van der Waals surface area contributed by atoms with Gasteiger partial charge in [0.1, 0.15) is 6.04 Å². The number of hydrogen-bond donors (Lipinski definition) is 3. The van der Waals surface area contributed by atoms with Crippen molar-refractivity contribution in [3.63, 3.8) is 0 Å². The molecule has 0 aliphatic carbocycles. The van der Waals surface area contributed by atoms with Gasteiger partial charge in [-0.15, -0.1) is 0 Å². The minimum Gasteiger partial charge on any atom is -0.480 e. The summed E-state index contributed by atoms with van der Waals surface area (Å²) in [6.07, 6.45) is 1.72. The van der Waals surface area contributed by atoms with E-state index in [2.05, 4.69) is 10.3 Å². The third-order valence-electron chi connectivity index (χ3n) is 3.58. The number of carbonyl (C=O) groups excluding carboxylic acids is 1. The van der Waals surface area contributed by atoms with Crippen LogP contribution in [0.25, 0.3) is 10.9 Å². The van der Waals surface area contributed by atoms with E-state index >= 15 is 0 Å². The Morgan fingerprint density at radius 1 is 1.35 bits per heavy atom. The van der Waals surface area contributed by atoms with E-state index in [9.17, 15) is 14.7 Å². The van der Waals surface area contributed by atoms with Gasteiger partial charge >= 0.3 is 5.97 Å². The third kappa shape index (κ3) is 2.14. The number of aromatic nitrogens is 1. The molecule has 1 aromatic heterocycles. The summed E-state index contributed by atoms with van der Waals surface area (Å²) in [6, 6.07) is 6.76. The predicted molar refractivity (Wildman–Crippen MR) is 73.3 cm³/mol. The van der Waals surface area contributed by atoms with Crippen molar-refractivity contribution in [2.75, 3.05) is 19.6 Å².